The van der Waals surface area contributed by atoms with Gasteiger partial charge in [0.15, 0.2) is 0 Å². The van der Waals surface area contributed by atoms with Gasteiger partial charge < -0.3 is 5.11 Å². The average molecular weight is 358 g/mol. The van der Waals surface area contributed by atoms with Crippen LogP contribution in [0.1, 0.15) is 15.2 Å². The molecule has 2 heterocycles. The Morgan fingerprint density at radius 3 is 2.76 bits per heavy atom. The third kappa shape index (κ3) is 1.85. The van der Waals surface area contributed by atoms with E-state index in [1.54, 1.807) is 12.1 Å². The molecule has 1 aliphatic heterocycles. The molecule has 2 aromatic carbocycles. The van der Waals surface area contributed by atoms with Gasteiger partial charge >= 0.3 is 0 Å². The van der Waals surface area contributed by atoms with Crippen LogP contribution in [-0.4, -0.2) is 16.6 Å². The van der Waals surface area contributed by atoms with Crippen LogP contribution in [0.2, 0.25) is 0 Å². The third-order valence-corrected chi connectivity index (χ3v) is 5.09. The molecule has 5 heteroatoms. The Kier molecular flexibility index (Phi) is 2.74. The van der Waals surface area contributed by atoms with Crippen molar-refractivity contribution >= 4 is 54.5 Å². The molecule has 0 fully saturated rings. The second-order valence-electron chi connectivity index (χ2n) is 4.73. The number of thiophene rings is 1. The maximum atomic E-state index is 12.5. The fraction of sp³-hybridized carbons (Fsp3) is 0. The normalized spacial score (nSPS) is 13.6. The van der Waals surface area contributed by atoms with Crippen LogP contribution in [0.5, 0.6) is 5.75 Å². The first-order valence-corrected chi connectivity index (χ1v) is 7.90. The largest absolute Gasteiger partial charge is 0.506 e. The first-order valence-electron chi connectivity index (χ1n) is 6.29. The summed E-state index contributed by atoms with van der Waals surface area (Å²) in [5, 5.41) is 11.1. The van der Waals surface area contributed by atoms with E-state index in [2.05, 4.69) is 20.9 Å². The monoisotopic (exact) mass is 357 g/mol. The summed E-state index contributed by atoms with van der Waals surface area (Å²) in [6.45, 7) is 0. The van der Waals surface area contributed by atoms with Crippen molar-refractivity contribution in [1.29, 1.82) is 0 Å². The summed E-state index contributed by atoms with van der Waals surface area (Å²) in [5.41, 5.74) is 1.54. The smallest absolute Gasteiger partial charge is 0.215 e. The van der Waals surface area contributed by atoms with Crippen LogP contribution in [0.4, 0.5) is 5.69 Å². The summed E-state index contributed by atoms with van der Waals surface area (Å²) in [7, 11) is 0. The Hall–Kier alpha value is -1.98. The Morgan fingerprint density at radius 2 is 1.95 bits per heavy atom. The molecular weight excluding hydrogens is 350 g/mol. The van der Waals surface area contributed by atoms with Gasteiger partial charge in [-0.25, -0.2) is 4.99 Å². The molecule has 3 nitrogen and oxygen atoms in total. The van der Waals surface area contributed by atoms with Crippen LogP contribution in [-0.2, 0) is 0 Å². The van der Waals surface area contributed by atoms with E-state index >= 15 is 0 Å². The zero-order chi connectivity index (χ0) is 14.6. The number of ketones is 1. The third-order valence-electron chi connectivity index (χ3n) is 3.43. The Bertz CT molecular complexity index is 943. The lowest BCUT2D eigenvalue weighted by Crippen LogP contribution is -2.09. The standard InChI is InChI=1S/C16H8BrNO2S/c17-8-5-6-11-10(7-8)14(19)13(18-11)16-15(20)9-3-1-2-4-12(9)21-16/h1-7,20H. The van der Waals surface area contributed by atoms with E-state index in [1.807, 2.05) is 30.3 Å². The van der Waals surface area contributed by atoms with Crippen molar-refractivity contribution in [3.05, 3.63) is 57.4 Å². The van der Waals surface area contributed by atoms with Gasteiger partial charge in [-0.15, -0.1) is 11.3 Å². The predicted molar refractivity (Wildman–Crippen MR) is 88.2 cm³/mol. The van der Waals surface area contributed by atoms with Crippen LogP contribution in [0.25, 0.3) is 10.1 Å². The highest BCUT2D eigenvalue weighted by molar-refractivity contribution is 9.10. The summed E-state index contributed by atoms with van der Waals surface area (Å²) in [6.07, 6.45) is 0. The minimum Gasteiger partial charge on any atom is -0.506 e. The van der Waals surface area contributed by atoms with Crippen molar-refractivity contribution < 1.29 is 9.90 Å². The van der Waals surface area contributed by atoms with E-state index in [1.165, 1.54) is 11.3 Å². The van der Waals surface area contributed by atoms with E-state index < -0.39 is 0 Å². The number of benzene rings is 2. The molecule has 3 aromatic rings. The molecular formula is C16H8BrNO2S. The number of carbonyl (C=O) groups is 1. The zero-order valence-electron chi connectivity index (χ0n) is 10.6. The van der Waals surface area contributed by atoms with E-state index in [-0.39, 0.29) is 11.5 Å². The molecule has 102 valence electrons. The van der Waals surface area contributed by atoms with Gasteiger partial charge in [-0.05, 0) is 30.3 Å². The lowest BCUT2D eigenvalue weighted by Gasteiger charge is -1.97. The second kappa shape index (κ2) is 4.51. The molecule has 1 N–H and O–H groups in total. The number of fused-ring (bicyclic) bond motifs is 2. The molecule has 1 aromatic heterocycles. The fourth-order valence-corrected chi connectivity index (χ4v) is 3.88. The lowest BCUT2D eigenvalue weighted by molar-refractivity contribution is 0.107. The molecule has 1 aliphatic rings. The number of aliphatic imine (C=N–C) groups is 1. The number of halogens is 1. The van der Waals surface area contributed by atoms with Gasteiger partial charge in [0, 0.05) is 14.6 Å². The predicted octanol–water partition coefficient (Wildman–Crippen LogP) is 4.69. The van der Waals surface area contributed by atoms with Crippen LogP contribution >= 0.6 is 27.3 Å². The van der Waals surface area contributed by atoms with Gasteiger partial charge in [-0.2, -0.15) is 0 Å². The summed E-state index contributed by atoms with van der Waals surface area (Å²) >= 11 is 4.75. The summed E-state index contributed by atoms with van der Waals surface area (Å²) in [5.74, 6) is -0.0114. The van der Waals surface area contributed by atoms with Crippen LogP contribution < -0.4 is 0 Å². The second-order valence-corrected chi connectivity index (χ2v) is 6.69. The molecule has 21 heavy (non-hydrogen) atoms. The number of carbonyl (C=O) groups excluding carboxylic acids is 1. The molecule has 0 aliphatic carbocycles. The molecule has 0 atom stereocenters. The van der Waals surface area contributed by atoms with Crippen molar-refractivity contribution in [3.63, 3.8) is 0 Å². The van der Waals surface area contributed by atoms with Crippen molar-refractivity contribution in [1.82, 2.24) is 0 Å². The van der Waals surface area contributed by atoms with Gasteiger partial charge in [0.1, 0.15) is 11.5 Å². The Balaban J connectivity index is 1.91. The van der Waals surface area contributed by atoms with Gasteiger partial charge in [0.05, 0.1) is 16.1 Å². The maximum Gasteiger partial charge on any atom is 0.215 e. The average Bonchev–Trinajstić information content (AvgIpc) is 2.98. The zero-order valence-corrected chi connectivity index (χ0v) is 13.0. The molecule has 0 amide bonds. The number of Topliss-reactive ketones (excluding diaryl/α,β-unsaturated/α-hetero) is 1. The van der Waals surface area contributed by atoms with Crippen molar-refractivity contribution in [2.75, 3.05) is 0 Å². The Morgan fingerprint density at radius 1 is 1.14 bits per heavy atom. The number of nitrogens with zero attached hydrogens (tertiary/aromatic N) is 1. The molecule has 4 rings (SSSR count). The highest BCUT2D eigenvalue weighted by Crippen LogP contribution is 2.40. The number of aromatic hydroxyl groups is 1. The molecule has 0 saturated heterocycles. The Labute approximate surface area is 132 Å². The summed E-state index contributed by atoms with van der Waals surface area (Å²) in [4.78, 5) is 17.5. The topological polar surface area (TPSA) is 49.7 Å². The summed E-state index contributed by atoms with van der Waals surface area (Å²) < 4.78 is 1.78. The van der Waals surface area contributed by atoms with Gasteiger partial charge in [0.25, 0.3) is 0 Å². The highest BCUT2D eigenvalue weighted by atomic mass is 79.9. The van der Waals surface area contributed by atoms with Gasteiger partial charge in [0.2, 0.25) is 5.78 Å². The van der Waals surface area contributed by atoms with Crippen molar-refractivity contribution in [2.24, 2.45) is 4.99 Å². The minimum atomic E-state index is -0.145. The van der Waals surface area contributed by atoms with Crippen LogP contribution in [0.15, 0.2) is 51.9 Å². The number of rotatable bonds is 1. The molecule has 0 saturated carbocycles. The van der Waals surface area contributed by atoms with Gasteiger partial charge in [-0.1, -0.05) is 28.1 Å². The number of hydrogen-bond acceptors (Lipinski definition) is 4. The number of hydrogen-bond donors (Lipinski definition) is 1. The molecule has 0 radical (unpaired) electrons. The minimum absolute atomic E-state index is 0.134. The van der Waals surface area contributed by atoms with E-state index in [9.17, 15) is 9.90 Å². The SMILES string of the molecule is O=C1C(c2sc3ccccc3c2O)=Nc2ccc(Br)cc21. The van der Waals surface area contributed by atoms with E-state index in [0.29, 0.717) is 21.8 Å². The van der Waals surface area contributed by atoms with Crippen LogP contribution in [0, 0.1) is 0 Å². The van der Waals surface area contributed by atoms with Crippen molar-refractivity contribution in [2.45, 2.75) is 0 Å². The molecule has 0 spiro atoms. The highest BCUT2D eigenvalue weighted by Gasteiger charge is 2.29. The van der Waals surface area contributed by atoms with E-state index in [0.717, 1.165) is 14.6 Å². The van der Waals surface area contributed by atoms with Crippen LogP contribution in [0.3, 0.4) is 0 Å². The molecule has 0 bridgehead atoms. The first kappa shape index (κ1) is 12.7. The van der Waals surface area contributed by atoms with Crippen molar-refractivity contribution in [3.8, 4) is 5.75 Å². The van der Waals surface area contributed by atoms with Gasteiger partial charge in [-0.3, -0.25) is 4.79 Å². The van der Waals surface area contributed by atoms with E-state index in [4.69, 9.17) is 0 Å². The summed E-state index contributed by atoms with van der Waals surface area (Å²) in [6, 6.07) is 13.0. The quantitative estimate of drug-likeness (QED) is 0.686. The fourth-order valence-electron chi connectivity index (χ4n) is 2.43. The first-order chi connectivity index (χ1) is 10.1. The maximum absolute atomic E-state index is 12.5. The lowest BCUT2D eigenvalue weighted by atomic mass is 10.1. The molecule has 0 unspecified atom stereocenters.